The van der Waals surface area contributed by atoms with E-state index in [2.05, 4.69) is 10.3 Å². The second kappa shape index (κ2) is 4.85. The van der Waals surface area contributed by atoms with Gasteiger partial charge < -0.3 is 15.5 Å². The maximum atomic E-state index is 11.9. The Balaban J connectivity index is 2.25. The van der Waals surface area contributed by atoms with Crippen LogP contribution in [0.5, 0.6) is 11.6 Å². The molecule has 1 heterocycles. The average molecular weight is 260 g/mol. The van der Waals surface area contributed by atoms with Gasteiger partial charge in [-0.2, -0.15) is 0 Å². The normalized spacial score (nSPS) is 10.2. The number of H-pyrrole nitrogens is 1. The van der Waals surface area contributed by atoms with E-state index in [1.807, 2.05) is 0 Å². The number of aromatic hydroxyl groups is 2. The second-order valence-corrected chi connectivity index (χ2v) is 4.07. The molecule has 0 aliphatic carbocycles. The number of nitrogens with one attached hydrogen (secondary N) is 2. The maximum Gasteiger partial charge on any atom is 0.256 e. The highest BCUT2D eigenvalue weighted by Crippen LogP contribution is 2.21. The number of carbonyl (C=O) groups is 1. The lowest BCUT2D eigenvalue weighted by molar-refractivity contribution is 0.102. The molecule has 98 valence electrons. The van der Waals surface area contributed by atoms with Gasteiger partial charge in [0.15, 0.2) is 5.88 Å². The van der Waals surface area contributed by atoms with E-state index in [1.165, 1.54) is 6.07 Å². The van der Waals surface area contributed by atoms with Crippen molar-refractivity contribution in [1.29, 1.82) is 0 Å². The summed E-state index contributed by atoms with van der Waals surface area (Å²) in [6, 6.07) is 6.90. The van der Waals surface area contributed by atoms with E-state index in [0.29, 0.717) is 11.3 Å². The lowest BCUT2D eigenvalue weighted by atomic mass is 10.2. The Bertz CT molecular complexity index is 691. The molecule has 2 rings (SSSR count). The van der Waals surface area contributed by atoms with Crippen LogP contribution < -0.4 is 10.9 Å². The molecule has 1 aromatic carbocycles. The third-order valence-electron chi connectivity index (χ3n) is 2.56. The molecule has 0 saturated carbocycles. The van der Waals surface area contributed by atoms with Crippen molar-refractivity contribution in [2.75, 3.05) is 5.32 Å². The second-order valence-electron chi connectivity index (χ2n) is 4.07. The van der Waals surface area contributed by atoms with Gasteiger partial charge in [-0.25, -0.2) is 0 Å². The largest absolute Gasteiger partial charge is 0.508 e. The van der Waals surface area contributed by atoms with Crippen molar-refractivity contribution < 1.29 is 15.0 Å². The minimum atomic E-state index is -0.572. The molecule has 0 radical (unpaired) electrons. The summed E-state index contributed by atoms with van der Waals surface area (Å²) < 4.78 is 0. The summed E-state index contributed by atoms with van der Waals surface area (Å²) in [5, 5.41) is 21.3. The maximum absolute atomic E-state index is 11.9. The highest BCUT2D eigenvalue weighted by Gasteiger charge is 2.09. The minimum absolute atomic E-state index is 0.0290. The van der Waals surface area contributed by atoms with Crippen molar-refractivity contribution in [1.82, 2.24) is 4.98 Å². The van der Waals surface area contributed by atoms with Crippen LogP contribution in [0.25, 0.3) is 0 Å². The van der Waals surface area contributed by atoms with E-state index in [-0.39, 0.29) is 17.2 Å². The summed E-state index contributed by atoms with van der Waals surface area (Å²) in [7, 11) is 0. The molecule has 0 aliphatic rings. The van der Waals surface area contributed by atoms with Crippen molar-refractivity contribution in [3.05, 3.63) is 51.8 Å². The topological polar surface area (TPSA) is 102 Å². The van der Waals surface area contributed by atoms with E-state index in [4.69, 9.17) is 0 Å². The highest BCUT2D eigenvalue weighted by molar-refractivity contribution is 6.04. The van der Waals surface area contributed by atoms with Gasteiger partial charge in [0.05, 0.1) is 5.56 Å². The number of aryl methyl sites for hydroxylation is 1. The Kier molecular flexibility index (Phi) is 3.24. The third-order valence-corrected chi connectivity index (χ3v) is 2.56. The van der Waals surface area contributed by atoms with E-state index in [9.17, 15) is 19.8 Å². The summed E-state index contributed by atoms with van der Waals surface area (Å²) >= 11 is 0. The first-order chi connectivity index (χ1) is 8.95. The molecular formula is C13H12N2O4. The third kappa shape index (κ3) is 2.92. The summed E-state index contributed by atoms with van der Waals surface area (Å²) in [4.78, 5) is 25.1. The summed E-state index contributed by atoms with van der Waals surface area (Å²) in [5.41, 5.74) is 0.540. The molecule has 0 unspecified atom stereocenters. The average Bonchev–Trinajstić information content (AvgIpc) is 2.32. The van der Waals surface area contributed by atoms with Crippen LogP contribution in [-0.2, 0) is 0 Å². The zero-order chi connectivity index (χ0) is 14.0. The van der Waals surface area contributed by atoms with Crippen LogP contribution in [0.4, 0.5) is 5.69 Å². The lowest BCUT2D eigenvalue weighted by Gasteiger charge is -2.07. The number of aromatic amines is 1. The van der Waals surface area contributed by atoms with Crippen molar-refractivity contribution in [3.8, 4) is 11.6 Å². The van der Waals surface area contributed by atoms with Gasteiger partial charge in [0.2, 0.25) is 0 Å². The van der Waals surface area contributed by atoms with E-state index in [1.54, 1.807) is 19.1 Å². The first-order valence-electron chi connectivity index (χ1n) is 5.50. The summed E-state index contributed by atoms with van der Waals surface area (Å²) in [6.45, 7) is 1.73. The van der Waals surface area contributed by atoms with Gasteiger partial charge in [-0.3, -0.25) is 14.6 Å². The van der Waals surface area contributed by atoms with Crippen LogP contribution >= 0.6 is 0 Å². The fourth-order valence-corrected chi connectivity index (χ4v) is 1.55. The quantitative estimate of drug-likeness (QED) is 0.654. The Morgan fingerprint density at radius 2 is 1.95 bits per heavy atom. The first-order valence-corrected chi connectivity index (χ1v) is 5.50. The van der Waals surface area contributed by atoms with Gasteiger partial charge >= 0.3 is 0 Å². The van der Waals surface area contributed by atoms with Crippen LogP contribution in [0.1, 0.15) is 15.9 Å². The molecule has 0 spiro atoms. The molecule has 6 heteroatoms. The van der Waals surface area contributed by atoms with Gasteiger partial charge in [0.1, 0.15) is 5.75 Å². The monoisotopic (exact) mass is 260 g/mol. The lowest BCUT2D eigenvalue weighted by Crippen LogP contribution is -2.15. The van der Waals surface area contributed by atoms with Crippen molar-refractivity contribution in [3.63, 3.8) is 0 Å². The number of aromatic nitrogens is 1. The number of anilines is 1. The number of pyridine rings is 1. The molecule has 0 aliphatic heterocycles. The Morgan fingerprint density at radius 3 is 2.58 bits per heavy atom. The van der Waals surface area contributed by atoms with E-state index in [0.717, 1.165) is 12.1 Å². The number of phenolic OH excluding ortho intramolecular Hbond substituents is 1. The van der Waals surface area contributed by atoms with Gasteiger partial charge in [-0.15, -0.1) is 0 Å². The Labute approximate surface area is 108 Å². The zero-order valence-electron chi connectivity index (χ0n) is 10.1. The number of benzene rings is 1. The predicted octanol–water partition coefficient (Wildman–Crippen LogP) is 1.35. The Morgan fingerprint density at radius 1 is 1.21 bits per heavy atom. The molecule has 0 fully saturated rings. The molecule has 2 aromatic rings. The number of hydrogen-bond donors (Lipinski definition) is 4. The molecule has 1 aromatic heterocycles. The standard InChI is InChI=1S/C13H12N2O4/c1-7-2-3-9(6-10(7)16)14-13(19)8-4-11(17)15-12(18)5-8/h2-6,16H,1H3,(H,14,19)(H2,15,17,18). The number of phenols is 1. The molecule has 0 atom stereocenters. The van der Waals surface area contributed by atoms with Gasteiger partial charge in [-0.05, 0) is 18.6 Å². The predicted molar refractivity (Wildman–Crippen MR) is 69.5 cm³/mol. The summed E-state index contributed by atoms with van der Waals surface area (Å²) in [6.07, 6.45) is 0. The smallest absolute Gasteiger partial charge is 0.256 e. The molecule has 19 heavy (non-hydrogen) atoms. The molecule has 6 nitrogen and oxygen atoms in total. The molecule has 0 saturated heterocycles. The van der Waals surface area contributed by atoms with Crippen molar-refractivity contribution >= 4 is 11.6 Å². The highest BCUT2D eigenvalue weighted by atomic mass is 16.3. The fraction of sp³-hybridized carbons (Fsp3) is 0.0769. The minimum Gasteiger partial charge on any atom is -0.508 e. The van der Waals surface area contributed by atoms with E-state index >= 15 is 0 Å². The Hall–Kier alpha value is -2.76. The van der Waals surface area contributed by atoms with Crippen molar-refractivity contribution in [2.24, 2.45) is 0 Å². The molecular weight excluding hydrogens is 248 g/mol. The molecule has 0 bridgehead atoms. The van der Waals surface area contributed by atoms with Gasteiger partial charge in [0, 0.05) is 23.9 Å². The van der Waals surface area contributed by atoms with Crippen LogP contribution in [0.15, 0.2) is 35.1 Å². The number of rotatable bonds is 2. The zero-order valence-corrected chi connectivity index (χ0v) is 10.1. The number of amides is 1. The van der Waals surface area contributed by atoms with Crippen molar-refractivity contribution in [2.45, 2.75) is 6.92 Å². The van der Waals surface area contributed by atoms with Gasteiger partial charge in [0.25, 0.3) is 11.5 Å². The van der Waals surface area contributed by atoms with Crippen LogP contribution in [0, 0.1) is 6.92 Å². The van der Waals surface area contributed by atoms with Gasteiger partial charge in [-0.1, -0.05) is 6.07 Å². The SMILES string of the molecule is Cc1ccc(NC(=O)c2cc(O)[nH]c(=O)c2)cc1O. The number of hydrogen-bond acceptors (Lipinski definition) is 4. The first kappa shape index (κ1) is 12.7. The molecule has 4 N–H and O–H groups in total. The van der Waals surface area contributed by atoms with E-state index < -0.39 is 11.5 Å². The fourth-order valence-electron chi connectivity index (χ4n) is 1.55. The van der Waals surface area contributed by atoms with Crippen LogP contribution in [0.2, 0.25) is 0 Å². The molecule has 1 amide bonds. The summed E-state index contributed by atoms with van der Waals surface area (Å²) in [5.74, 6) is -0.874. The van der Waals surface area contributed by atoms with Crippen LogP contribution in [0.3, 0.4) is 0 Å². The van der Waals surface area contributed by atoms with Crippen LogP contribution in [-0.4, -0.2) is 21.1 Å². The number of carbonyl (C=O) groups excluding carboxylic acids is 1.